The Morgan fingerprint density at radius 3 is 2.18 bits per heavy atom. The van der Waals surface area contributed by atoms with Gasteiger partial charge in [0.1, 0.15) is 40.6 Å². The molecule has 5 heterocycles. The second kappa shape index (κ2) is 23.3. The summed E-state index contributed by atoms with van der Waals surface area (Å²) in [5.41, 5.74) is 2.75. The van der Waals surface area contributed by atoms with Crippen LogP contribution < -0.4 is 25.6 Å². The van der Waals surface area contributed by atoms with Crippen molar-refractivity contribution in [2.75, 3.05) is 63.1 Å². The van der Waals surface area contributed by atoms with Crippen molar-refractivity contribution in [3.63, 3.8) is 0 Å². The minimum absolute atomic E-state index is 0.0796. The Balaban J connectivity index is 0.782. The molecule has 0 atom stereocenters. The Morgan fingerprint density at radius 1 is 0.805 bits per heavy atom. The van der Waals surface area contributed by atoms with Gasteiger partial charge in [0.25, 0.3) is 11.8 Å². The maximum absolute atomic E-state index is 15.8. The number of nitrogens with zero attached hydrogens (tertiary/aromatic N) is 5. The van der Waals surface area contributed by atoms with E-state index in [0.717, 1.165) is 69.1 Å². The maximum Gasteiger partial charge on any atom is 0.407 e. The van der Waals surface area contributed by atoms with E-state index in [9.17, 15) is 28.8 Å². The zero-order valence-corrected chi connectivity index (χ0v) is 47.9. The fourth-order valence-corrected chi connectivity index (χ4v) is 10.8. The van der Waals surface area contributed by atoms with Crippen molar-refractivity contribution in [3.05, 3.63) is 125 Å². The number of piperidine rings is 2. The minimum Gasteiger partial charge on any atom is -0.495 e. The van der Waals surface area contributed by atoms with Crippen molar-refractivity contribution < 1.29 is 51.8 Å². The lowest BCUT2D eigenvalue weighted by Crippen LogP contribution is -2.50. The molecule has 1 spiro atoms. The molecule has 9 rings (SSSR count). The van der Waals surface area contributed by atoms with Gasteiger partial charge in [-0.3, -0.25) is 29.4 Å². The molecule has 6 aromatic rings. The monoisotopic (exact) mass is 1120 g/mol. The number of imide groups is 1. The van der Waals surface area contributed by atoms with E-state index in [2.05, 4.69) is 60.1 Å². The van der Waals surface area contributed by atoms with E-state index in [1.54, 1.807) is 73.6 Å². The lowest BCUT2D eigenvalue weighted by molar-refractivity contribution is -0.168. The number of hydrogen-bond acceptors (Lipinski definition) is 12. The van der Waals surface area contributed by atoms with Crippen molar-refractivity contribution in [1.82, 2.24) is 35.4 Å². The van der Waals surface area contributed by atoms with Crippen LogP contribution in [0, 0.1) is 29.4 Å². The van der Waals surface area contributed by atoms with Gasteiger partial charge in [0, 0.05) is 67.0 Å². The quantitative estimate of drug-likeness (QED) is 0.0706. The van der Waals surface area contributed by atoms with Gasteiger partial charge in [-0.05, 0) is 177 Å². The van der Waals surface area contributed by atoms with E-state index in [0.29, 0.717) is 57.9 Å². The molecule has 0 bridgehead atoms. The van der Waals surface area contributed by atoms with Crippen molar-refractivity contribution in [2.45, 2.75) is 105 Å². The number of H-pyrrole nitrogens is 1. The van der Waals surface area contributed by atoms with Gasteiger partial charge >= 0.3 is 18.1 Å². The van der Waals surface area contributed by atoms with Crippen LogP contribution in [0.3, 0.4) is 0 Å². The molecule has 432 valence electrons. The Bertz CT molecular complexity index is 3450. The van der Waals surface area contributed by atoms with Gasteiger partial charge in [-0.1, -0.05) is 30.3 Å². The van der Waals surface area contributed by atoms with E-state index in [1.807, 2.05) is 11.0 Å². The molecule has 4 N–H and O–H groups in total. The van der Waals surface area contributed by atoms with Gasteiger partial charge in [-0.15, -0.1) is 0 Å². The van der Waals surface area contributed by atoms with Crippen molar-refractivity contribution >= 4 is 58.2 Å². The molecule has 3 aliphatic rings. The van der Waals surface area contributed by atoms with Crippen LogP contribution in [-0.2, 0) is 31.1 Å². The summed E-state index contributed by atoms with van der Waals surface area (Å²) in [7, 11) is 1.51. The molecule has 0 aliphatic carbocycles. The number of rotatable bonds is 15. The standard InChI is InChI=1S/C62H71F2N9O9/c1-37-44(32-42(63)33-47(37)69-54(75)43-16-15-41(31-46(43)64)61(7,8)81-56(77)60(5,6)35-65-58(79)82-59(2,3)4)52-45-34-48(68-53(45)67-36-66-52)39-12-10-38(11-13-39)18-24-71-26-20-62(21-27-71)22-28-72(29-23-62)55(76)40-14-17-50(80-9)49(30-40)73-25-19-51(74)70-57(73)78/h10-17,30-34,36H,18-29,35H2,1-9H3,(H,65,79)(H,69,75)(H,66,67,68)(H,70,74,78). The topological polar surface area (TPSA) is 217 Å². The van der Waals surface area contributed by atoms with Crippen LogP contribution in [0.2, 0.25) is 0 Å². The van der Waals surface area contributed by atoms with E-state index < -0.39 is 52.3 Å². The minimum atomic E-state index is -1.33. The third-order valence-electron chi connectivity index (χ3n) is 16.0. The van der Waals surface area contributed by atoms with Crippen LogP contribution >= 0.6 is 0 Å². The molecule has 0 unspecified atom stereocenters. The summed E-state index contributed by atoms with van der Waals surface area (Å²) in [6, 6.07) is 21.2. The molecule has 4 aromatic carbocycles. The molecule has 2 aromatic heterocycles. The maximum atomic E-state index is 15.8. The molecular weight excluding hydrogens is 1050 g/mol. The first-order valence-corrected chi connectivity index (χ1v) is 27.7. The number of anilines is 2. The lowest BCUT2D eigenvalue weighted by atomic mass is 9.71. The number of amides is 6. The molecule has 3 saturated heterocycles. The number of nitrogens with one attached hydrogen (secondary N) is 4. The van der Waals surface area contributed by atoms with Crippen molar-refractivity contribution in [3.8, 4) is 28.3 Å². The van der Waals surface area contributed by atoms with Crippen LogP contribution in [-0.4, -0.2) is 119 Å². The number of alkyl carbamates (subject to hydrolysis) is 1. The van der Waals surface area contributed by atoms with Crippen LogP contribution in [0.15, 0.2) is 85.2 Å². The lowest BCUT2D eigenvalue weighted by Gasteiger charge is -2.47. The zero-order chi connectivity index (χ0) is 58.9. The highest BCUT2D eigenvalue weighted by Crippen LogP contribution is 2.42. The number of aromatic nitrogens is 3. The summed E-state index contributed by atoms with van der Waals surface area (Å²) in [4.78, 5) is 95.6. The second-order valence-corrected chi connectivity index (χ2v) is 23.8. The third kappa shape index (κ3) is 13.1. The summed E-state index contributed by atoms with van der Waals surface area (Å²) in [5, 5.41) is 8.24. The number of urea groups is 1. The summed E-state index contributed by atoms with van der Waals surface area (Å²) in [5.74, 6) is -2.97. The first-order chi connectivity index (χ1) is 38.8. The van der Waals surface area contributed by atoms with Crippen LogP contribution in [0.25, 0.3) is 33.5 Å². The fourth-order valence-electron chi connectivity index (χ4n) is 10.8. The van der Waals surface area contributed by atoms with Crippen molar-refractivity contribution in [2.24, 2.45) is 10.8 Å². The number of carbonyl (C=O) groups excluding carboxylic acids is 6. The van der Waals surface area contributed by atoms with Crippen molar-refractivity contribution in [1.29, 1.82) is 0 Å². The van der Waals surface area contributed by atoms with E-state index >= 15 is 8.78 Å². The first kappa shape index (κ1) is 58.4. The number of hydrogen-bond donors (Lipinski definition) is 4. The van der Waals surface area contributed by atoms with Gasteiger partial charge in [-0.2, -0.15) is 0 Å². The second-order valence-electron chi connectivity index (χ2n) is 23.8. The van der Waals surface area contributed by atoms with Gasteiger partial charge in [-0.25, -0.2) is 28.3 Å². The van der Waals surface area contributed by atoms with Crippen LogP contribution in [0.4, 0.5) is 29.7 Å². The smallest absolute Gasteiger partial charge is 0.407 e. The van der Waals surface area contributed by atoms with Gasteiger partial charge in [0.15, 0.2) is 0 Å². The Kier molecular flexibility index (Phi) is 16.6. The van der Waals surface area contributed by atoms with E-state index in [4.69, 9.17) is 14.2 Å². The summed E-state index contributed by atoms with van der Waals surface area (Å²) in [6.45, 7) is 17.6. The average Bonchev–Trinajstić information content (AvgIpc) is 4.10. The van der Waals surface area contributed by atoms with Crippen LogP contribution in [0.5, 0.6) is 5.75 Å². The average molecular weight is 1120 g/mol. The molecule has 3 aliphatic heterocycles. The molecule has 82 heavy (non-hydrogen) atoms. The SMILES string of the molecule is COc1ccc(C(=O)N2CCC3(CCN(CCc4ccc(-c5cc6c(-c7cc(F)cc(NC(=O)c8ccc(C(C)(C)OC(=O)C(C)(C)CNC(=O)OC(C)(C)C)cc8F)c7C)ncnc6[nH]5)cc4)CC3)CC2)cc1N1CCC(=O)NC1=O. The zero-order valence-electron chi connectivity index (χ0n) is 47.9. The van der Waals surface area contributed by atoms with E-state index in [-0.39, 0.29) is 53.6 Å². The third-order valence-corrected chi connectivity index (χ3v) is 16.0. The Labute approximate surface area is 475 Å². The first-order valence-electron chi connectivity index (χ1n) is 27.7. The van der Waals surface area contributed by atoms with Gasteiger partial charge in [0.05, 0.1) is 29.5 Å². The molecule has 6 amide bonds. The Hall–Kier alpha value is -8.26. The largest absolute Gasteiger partial charge is 0.495 e. The highest BCUT2D eigenvalue weighted by molar-refractivity contribution is 6.08. The number of fused-ring (bicyclic) bond motifs is 1. The molecule has 0 radical (unpaired) electrons. The number of aromatic amines is 1. The molecule has 18 nitrogen and oxygen atoms in total. The predicted molar refractivity (Wildman–Crippen MR) is 306 cm³/mol. The number of likely N-dealkylation sites (tertiary alicyclic amines) is 2. The van der Waals surface area contributed by atoms with Crippen LogP contribution in [0.1, 0.15) is 118 Å². The number of esters is 1. The number of halogens is 2. The Morgan fingerprint density at radius 2 is 1.51 bits per heavy atom. The number of ether oxygens (including phenoxy) is 3. The molecule has 0 saturated carbocycles. The fraction of sp³-hybridized carbons (Fsp3) is 0.419. The summed E-state index contributed by atoms with van der Waals surface area (Å²) >= 11 is 0. The number of methoxy groups -OCH3 is 1. The molecule has 20 heteroatoms. The number of benzene rings is 4. The predicted octanol–water partition coefficient (Wildman–Crippen LogP) is 10.5. The summed E-state index contributed by atoms with van der Waals surface area (Å²) < 4.78 is 47.9. The highest BCUT2D eigenvalue weighted by atomic mass is 19.1. The van der Waals surface area contributed by atoms with Gasteiger partial charge < -0.3 is 39.6 Å². The number of carbonyl (C=O) groups is 6. The summed E-state index contributed by atoms with van der Waals surface area (Å²) in [6.07, 6.45) is 5.73. The highest BCUT2D eigenvalue weighted by Gasteiger charge is 2.40. The van der Waals surface area contributed by atoms with E-state index in [1.165, 1.54) is 48.2 Å². The molecular formula is C62H71F2N9O9. The van der Waals surface area contributed by atoms with Gasteiger partial charge in [0.2, 0.25) is 5.91 Å². The molecule has 3 fully saturated rings. The normalized spacial score (nSPS) is 16.0.